The number of carbonyl (C=O) groups is 2. The summed E-state index contributed by atoms with van der Waals surface area (Å²) in [5.41, 5.74) is 0.319. The van der Waals surface area contributed by atoms with Crippen molar-refractivity contribution in [2.24, 2.45) is 7.05 Å². The first-order valence-corrected chi connectivity index (χ1v) is 6.43. The van der Waals surface area contributed by atoms with Gasteiger partial charge in [0.25, 0.3) is 5.91 Å². The number of hydrogen-bond acceptors (Lipinski definition) is 4. The van der Waals surface area contributed by atoms with Gasteiger partial charge < -0.3 is 10.6 Å². The highest BCUT2D eigenvalue weighted by Crippen LogP contribution is 2.24. The molecule has 1 spiro atoms. The number of aryl methyl sites for hydroxylation is 1. The van der Waals surface area contributed by atoms with Crippen molar-refractivity contribution in [3.63, 3.8) is 0 Å². The third kappa shape index (κ3) is 1.99. The molecule has 1 aromatic heterocycles. The zero-order chi connectivity index (χ0) is 13.5. The topological polar surface area (TPSA) is 79.3 Å². The highest BCUT2D eigenvalue weighted by Gasteiger charge is 2.52. The van der Waals surface area contributed by atoms with E-state index in [0.717, 1.165) is 12.1 Å². The van der Waals surface area contributed by atoms with Crippen LogP contribution in [0.3, 0.4) is 0 Å². The lowest BCUT2D eigenvalue weighted by Gasteiger charge is -2.19. The van der Waals surface area contributed by atoms with Crippen LogP contribution in [0.5, 0.6) is 0 Å². The van der Waals surface area contributed by atoms with E-state index in [9.17, 15) is 9.59 Å². The molecule has 19 heavy (non-hydrogen) atoms. The molecule has 7 heteroatoms. The molecule has 2 fully saturated rings. The third-order valence-electron chi connectivity index (χ3n) is 3.78. The van der Waals surface area contributed by atoms with E-state index in [1.807, 2.05) is 13.2 Å². The number of nitrogens with zero attached hydrogens (tertiary/aromatic N) is 3. The summed E-state index contributed by atoms with van der Waals surface area (Å²) in [6, 6.07) is -0.280. The van der Waals surface area contributed by atoms with Crippen molar-refractivity contribution in [3.8, 4) is 0 Å². The fourth-order valence-electron chi connectivity index (χ4n) is 2.70. The van der Waals surface area contributed by atoms with E-state index in [0.29, 0.717) is 25.9 Å². The molecule has 2 saturated heterocycles. The van der Waals surface area contributed by atoms with Gasteiger partial charge in [-0.25, -0.2) is 4.79 Å². The Labute approximate surface area is 110 Å². The van der Waals surface area contributed by atoms with E-state index in [4.69, 9.17) is 0 Å². The number of imide groups is 1. The predicted octanol–water partition coefficient (Wildman–Crippen LogP) is -0.753. The quantitative estimate of drug-likeness (QED) is 0.703. The van der Waals surface area contributed by atoms with Crippen molar-refractivity contribution in [1.29, 1.82) is 0 Å². The zero-order valence-electron chi connectivity index (χ0n) is 10.8. The summed E-state index contributed by atoms with van der Waals surface area (Å²) in [7, 11) is 1.84. The van der Waals surface area contributed by atoms with Gasteiger partial charge in [-0.1, -0.05) is 0 Å². The van der Waals surface area contributed by atoms with E-state index < -0.39 is 5.54 Å². The van der Waals surface area contributed by atoms with Crippen molar-refractivity contribution >= 4 is 11.9 Å². The van der Waals surface area contributed by atoms with Crippen LogP contribution < -0.4 is 10.6 Å². The average Bonchev–Trinajstić information content (AvgIpc) is 3.04. The maximum atomic E-state index is 12.3. The van der Waals surface area contributed by atoms with E-state index in [2.05, 4.69) is 15.7 Å². The molecule has 2 aliphatic heterocycles. The first kappa shape index (κ1) is 12.2. The molecule has 102 valence electrons. The third-order valence-corrected chi connectivity index (χ3v) is 3.78. The highest BCUT2D eigenvalue weighted by molar-refractivity contribution is 6.07. The minimum atomic E-state index is -0.702. The van der Waals surface area contributed by atoms with Crippen LogP contribution in [0.15, 0.2) is 12.4 Å². The number of nitrogens with one attached hydrogen (secondary N) is 2. The molecular weight excluding hydrogens is 246 g/mol. The van der Waals surface area contributed by atoms with Gasteiger partial charge in [0.05, 0.1) is 6.20 Å². The minimum Gasteiger partial charge on any atom is -0.322 e. The SMILES string of the molecule is Cn1cc(CCN2C(=O)NC3(CCNC3)C2=O)cn1. The van der Waals surface area contributed by atoms with Crippen LogP contribution in [-0.2, 0) is 18.3 Å². The van der Waals surface area contributed by atoms with Gasteiger partial charge in [-0.15, -0.1) is 0 Å². The highest BCUT2D eigenvalue weighted by atomic mass is 16.2. The summed E-state index contributed by atoms with van der Waals surface area (Å²) in [5.74, 6) is -0.105. The van der Waals surface area contributed by atoms with Crippen molar-refractivity contribution in [1.82, 2.24) is 25.3 Å². The lowest BCUT2D eigenvalue weighted by Crippen LogP contribution is -2.48. The zero-order valence-corrected chi connectivity index (χ0v) is 10.8. The monoisotopic (exact) mass is 263 g/mol. The maximum Gasteiger partial charge on any atom is 0.325 e. The Kier molecular flexibility index (Phi) is 2.78. The first-order valence-electron chi connectivity index (χ1n) is 6.43. The van der Waals surface area contributed by atoms with Gasteiger partial charge in [0.15, 0.2) is 0 Å². The number of hydrogen-bond donors (Lipinski definition) is 2. The fraction of sp³-hybridized carbons (Fsp3) is 0.583. The molecule has 7 nitrogen and oxygen atoms in total. The van der Waals surface area contributed by atoms with Gasteiger partial charge in [0, 0.05) is 26.3 Å². The summed E-state index contributed by atoms with van der Waals surface area (Å²) < 4.78 is 1.71. The number of rotatable bonds is 3. The van der Waals surface area contributed by atoms with E-state index >= 15 is 0 Å². The molecule has 2 N–H and O–H groups in total. The van der Waals surface area contributed by atoms with Gasteiger partial charge in [-0.05, 0) is 24.9 Å². The van der Waals surface area contributed by atoms with Crippen molar-refractivity contribution < 1.29 is 9.59 Å². The van der Waals surface area contributed by atoms with Crippen LogP contribution >= 0.6 is 0 Å². The Hall–Kier alpha value is -1.89. The summed E-state index contributed by atoms with van der Waals surface area (Å²) in [4.78, 5) is 25.6. The Morgan fingerprint density at radius 1 is 1.47 bits per heavy atom. The molecule has 3 rings (SSSR count). The van der Waals surface area contributed by atoms with E-state index in [-0.39, 0.29) is 11.9 Å². The normalized spacial score (nSPS) is 26.5. The Balaban J connectivity index is 1.68. The molecule has 3 amide bonds. The van der Waals surface area contributed by atoms with Gasteiger partial charge in [0.2, 0.25) is 0 Å². The van der Waals surface area contributed by atoms with E-state index in [1.54, 1.807) is 10.9 Å². The summed E-state index contributed by atoms with van der Waals surface area (Å²) in [6.45, 7) is 1.70. The minimum absolute atomic E-state index is 0.105. The summed E-state index contributed by atoms with van der Waals surface area (Å²) in [6.07, 6.45) is 4.95. The van der Waals surface area contributed by atoms with Gasteiger partial charge >= 0.3 is 6.03 Å². The molecule has 0 aromatic carbocycles. The molecule has 2 aliphatic rings. The Morgan fingerprint density at radius 2 is 2.32 bits per heavy atom. The number of urea groups is 1. The van der Waals surface area contributed by atoms with Crippen LogP contribution in [0.1, 0.15) is 12.0 Å². The van der Waals surface area contributed by atoms with Crippen LogP contribution in [0.25, 0.3) is 0 Å². The largest absolute Gasteiger partial charge is 0.325 e. The van der Waals surface area contributed by atoms with Crippen LogP contribution in [0.4, 0.5) is 4.79 Å². The molecule has 3 heterocycles. The first-order chi connectivity index (χ1) is 9.11. The van der Waals surface area contributed by atoms with Gasteiger partial charge in [0.1, 0.15) is 5.54 Å². The van der Waals surface area contributed by atoms with Gasteiger partial charge in [-0.2, -0.15) is 5.10 Å². The second kappa shape index (κ2) is 4.34. The molecule has 0 radical (unpaired) electrons. The smallest absolute Gasteiger partial charge is 0.322 e. The summed E-state index contributed by atoms with van der Waals surface area (Å²) in [5, 5.41) is 10.0. The number of carbonyl (C=O) groups excluding carboxylic acids is 2. The van der Waals surface area contributed by atoms with Crippen LogP contribution in [-0.4, -0.2) is 51.8 Å². The van der Waals surface area contributed by atoms with Crippen molar-refractivity contribution in [2.45, 2.75) is 18.4 Å². The lowest BCUT2D eigenvalue weighted by molar-refractivity contribution is -0.130. The van der Waals surface area contributed by atoms with Gasteiger partial charge in [-0.3, -0.25) is 14.4 Å². The Bertz CT molecular complexity index is 518. The number of aromatic nitrogens is 2. The van der Waals surface area contributed by atoms with Crippen molar-refractivity contribution in [3.05, 3.63) is 18.0 Å². The van der Waals surface area contributed by atoms with Crippen LogP contribution in [0, 0.1) is 0 Å². The van der Waals surface area contributed by atoms with Crippen molar-refractivity contribution in [2.75, 3.05) is 19.6 Å². The molecule has 1 aromatic rings. The molecule has 0 saturated carbocycles. The second-order valence-electron chi connectivity index (χ2n) is 5.17. The van der Waals surface area contributed by atoms with E-state index in [1.165, 1.54) is 4.90 Å². The summed E-state index contributed by atoms with van der Waals surface area (Å²) >= 11 is 0. The molecule has 1 unspecified atom stereocenters. The maximum absolute atomic E-state index is 12.3. The Morgan fingerprint density at radius 3 is 2.95 bits per heavy atom. The fourth-order valence-corrected chi connectivity index (χ4v) is 2.70. The molecule has 0 bridgehead atoms. The van der Waals surface area contributed by atoms with Crippen LogP contribution in [0.2, 0.25) is 0 Å². The molecule has 0 aliphatic carbocycles. The molecule has 1 atom stereocenters. The number of amides is 3. The standard InChI is InChI=1S/C12H17N5O2/c1-16-7-9(6-14-16)2-5-17-10(18)12(15-11(17)19)3-4-13-8-12/h6-7,13H,2-5,8H2,1H3,(H,15,19). The average molecular weight is 263 g/mol. The molecular formula is C12H17N5O2. The second-order valence-corrected chi connectivity index (χ2v) is 5.17. The lowest BCUT2D eigenvalue weighted by atomic mass is 9.99. The predicted molar refractivity (Wildman–Crippen MR) is 67.4 cm³/mol.